The van der Waals surface area contributed by atoms with E-state index in [9.17, 15) is 4.79 Å². The molecule has 116 valence electrons. The molecule has 1 aromatic rings. The molecule has 1 heterocycles. The predicted octanol–water partition coefficient (Wildman–Crippen LogP) is 1.42. The van der Waals surface area contributed by atoms with Crippen LogP contribution in [-0.4, -0.2) is 49.1 Å². The molecule has 0 aromatic heterocycles. The van der Waals surface area contributed by atoms with Crippen LogP contribution in [0, 0.1) is 0 Å². The second-order valence-electron chi connectivity index (χ2n) is 5.73. The second-order valence-corrected chi connectivity index (χ2v) is 5.73. The van der Waals surface area contributed by atoms with Gasteiger partial charge in [0.05, 0.1) is 0 Å². The number of carbonyl (C=O) groups excluding carboxylic acids is 1. The molecular formula is C17H27N3O. The van der Waals surface area contributed by atoms with E-state index in [1.165, 1.54) is 5.56 Å². The van der Waals surface area contributed by atoms with Crippen molar-refractivity contribution in [2.75, 3.05) is 26.2 Å². The summed E-state index contributed by atoms with van der Waals surface area (Å²) in [7, 11) is 0. The lowest BCUT2D eigenvalue weighted by Gasteiger charge is -2.39. The summed E-state index contributed by atoms with van der Waals surface area (Å²) in [4.78, 5) is 14.5. The maximum absolute atomic E-state index is 12.2. The molecule has 1 fully saturated rings. The molecule has 0 saturated carbocycles. The largest absolute Gasteiger partial charge is 0.355 e. The minimum atomic E-state index is -0.0375. The number of nitrogens with one attached hydrogen (secondary N) is 2. The van der Waals surface area contributed by atoms with Crippen LogP contribution in [0.15, 0.2) is 30.3 Å². The Morgan fingerprint density at radius 2 is 2.19 bits per heavy atom. The van der Waals surface area contributed by atoms with Gasteiger partial charge in [-0.2, -0.15) is 0 Å². The Kier molecular flexibility index (Phi) is 6.21. The van der Waals surface area contributed by atoms with Gasteiger partial charge in [-0.1, -0.05) is 30.3 Å². The molecule has 2 rings (SSSR count). The monoisotopic (exact) mass is 289 g/mol. The minimum Gasteiger partial charge on any atom is -0.355 e. The summed E-state index contributed by atoms with van der Waals surface area (Å²) in [6, 6.07) is 10.9. The quantitative estimate of drug-likeness (QED) is 0.832. The number of amides is 1. The molecular weight excluding hydrogens is 262 g/mol. The fourth-order valence-corrected chi connectivity index (χ4v) is 2.97. The molecule has 1 amide bonds. The Morgan fingerprint density at radius 1 is 1.43 bits per heavy atom. The number of hydrogen-bond donors (Lipinski definition) is 2. The predicted molar refractivity (Wildman–Crippen MR) is 86.3 cm³/mol. The Morgan fingerprint density at radius 3 is 2.90 bits per heavy atom. The van der Waals surface area contributed by atoms with Crippen LogP contribution in [0.25, 0.3) is 0 Å². The van der Waals surface area contributed by atoms with Crippen molar-refractivity contribution in [1.29, 1.82) is 0 Å². The van der Waals surface area contributed by atoms with Crippen LogP contribution in [0.2, 0.25) is 0 Å². The molecule has 1 aliphatic heterocycles. The van der Waals surface area contributed by atoms with Gasteiger partial charge in [0.25, 0.3) is 0 Å². The average molecular weight is 289 g/mol. The summed E-state index contributed by atoms with van der Waals surface area (Å²) in [5, 5.41) is 6.28. The van der Waals surface area contributed by atoms with Crippen LogP contribution in [0.3, 0.4) is 0 Å². The van der Waals surface area contributed by atoms with Gasteiger partial charge in [0.15, 0.2) is 0 Å². The van der Waals surface area contributed by atoms with E-state index < -0.39 is 0 Å². The summed E-state index contributed by atoms with van der Waals surface area (Å²) < 4.78 is 0. The lowest BCUT2D eigenvalue weighted by Crippen LogP contribution is -2.60. The first kappa shape index (κ1) is 16.0. The maximum Gasteiger partial charge on any atom is 0.238 e. The van der Waals surface area contributed by atoms with Crippen LogP contribution in [0.4, 0.5) is 0 Å². The Hall–Kier alpha value is -1.39. The molecule has 4 nitrogen and oxygen atoms in total. The first-order valence-corrected chi connectivity index (χ1v) is 8.00. The third-order valence-corrected chi connectivity index (χ3v) is 4.20. The Bertz CT molecular complexity index is 435. The van der Waals surface area contributed by atoms with E-state index in [1.807, 2.05) is 13.0 Å². The van der Waals surface area contributed by atoms with Crippen molar-refractivity contribution in [2.45, 2.75) is 38.8 Å². The molecule has 0 spiro atoms. The first-order chi connectivity index (χ1) is 10.2. The molecule has 0 aliphatic carbocycles. The number of likely N-dealkylation sites (N-methyl/N-ethyl adjacent to an activating group) is 1. The zero-order valence-electron chi connectivity index (χ0n) is 13.1. The van der Waals surface area contributed by atoms with Gasteiger partial charge in [0, 0.05) is 32.2 Å². The maximum atomic E-state index is 12.2. The standard InChI is InChI=1S/C17H27N3O/c1-3-19-17(21)16-13-18-11-12-20(16)14(2)9-10-15-7-5-4-6-8-15/h4-8,14,16,18H,3,9-13H2,1-2H3,(H,19,21). The molecule has 1 saturated heterocycles. The van der Waals surface area contributed by atoms with E-state index in [0.29, 0.717) is 12.6 Å². The Balaban J connectivity index is 1.91. The third kappa shape index (κ3) is 4.55. The van der Waals surface area contributed by atoms with Gasteiger partial charge < -0.3 is 10.6 Å². The lowest BCUT2D eigenvalue weighted by atomic mass is 10.0. The summed E-state index contributed by atoms with van der Waals surface area (Å²) in [5.74, 6) is 0.149. The van der Waals surface area contributed by atoms with Crippen molar-refractivity contribution >= 4 is 5.91 Å². The van der Waals surface area contributed by atoms with Gasteiger partial charge in [0.2, 0.25) is 5.91 Å². The lowest BCUT2D eigenvalue weighted by molar-refractivity contribution is -0.128. The summed E-state index contributed by atoms with van der Waals surface area (Å²) >= 11 is 0. The second kappa shape index (κ2) is 8.15. The summed E-state index contributed by atoms with van der Waals surface area (Å²) in [6.45, 7) is 7.56. The highest BCUT2D eigenvalue weighted by Gasteiger charge is 2.31. The molecule has 4 heteroatoms. The van der Waals surface area contributed by atoms with Crippen molar-refractivity contribution in [3.8, 4) is 0 Å². The van der Waals surface area contributed by atoms with Crippen LogP contribution in [0.1, 0.15) is 25.8 Å². The summed E-state index contributed by atoms with van der Waals surface area (Å²) in [5.41, 5.74) is 1.37. The number of rotatable bonds is 6. The normalized spacial score (nSPS) is 21.0. The molecule has 1 aromatic carbocycles. The zero-order chi connectivity index (χ0) is 15.1. The van der Waals surface area contributed by atoms with Gasteiger partial charge >= 0.3 is 0 Å². The van der Waals surface area contributed by atoms with Crippen LogP contribution in [0.5, 0.6) is 0 Å². The third-order valence-electron chi connectivity index (χ3n) is 4.20. The van der Waals surface area contributed by atoms with Gasteiger partial charge in [-0.15, -0.1) is 0 Å². The van der Waals surface area contributed by atoms with E-state index in [2.05, 4.69) is 46.7 Å². The van der Waals surface area contributed by atoms with Gasteiger partial charge in [0.1, 0.15) is 6.04 Å². The van der Waals surface area contributed by atoms with E-state index in [0.717, 1.165) is 32.5 Å². The number of hydrogen-bond acceptors (Lipinski definition) is 3. The number of benzene rings is 1. The highest BCUT2D eigenvalue weighted by molar-refractivity contribution is 5.82. The molecule has 1 aliphatic rings. The molecule has 0 bridgehead atoms. The number of aryl methyl sites for hydroxylation is 1. The molecule has 2 atom stereocenters. The van der Waals surface area contributed by atoms with E-state index in [-0.39, 0.29) is 11.9 Å². The van der Waals surface area contributed by atoms with Gasteiger partial charge in [-0.05, 0) is 32.3 Å². The van der Waals surface area contributed by atoms with Gasteiger partial charge in [-0.25, -0.2) is 0 Å². The highest BCUT2D eigenvalue weighted by atomic mass is 16.2. The number of piperazine rings is 1. The zero-order valence-corrected chi connectivity index (χ0v) is 13.1. The average Bonchev–Trinajstić information content (AvgIpc) is 2.54. The van der Waals surface area contributed by atoms with Crippen molar-refractivity contribution in [3.05, 3.63) is 35.9 Å². The SMILES string of the molecule is CCNC(=O)C1CNCCN1C(C)CCc1ccccc1. The fraction of sp³-hybridized carbons (Fsp3) is 0.588. The van der Waals surface area contributed by atoms with Crippen molar-refractivity contribution in [2.24, 2.45) is 0 Å². The smallest absolute Gasteiger partial charge is 0.238 e. The first-order valence-electron chi connectivity index (χ1n) is 8.00. The fourth-order valence-electron chi connectivity index (χ4n) is 2.97. The van der Waals surface area contributed by atoms with Crippen molar-refractivity contribution in [3.63, 3.8) is 0 Å². The number of carbonyl (C=O) groups is 1. The van der Waals surface area contributed by atoms with Crippen molar-refractivity contribution < 1.29 is 4.79 Å². The van der Waals surface area contributed by atoms with Crippen LogP contribution >= 0.6 is 0 Å². The van der Waals surface area contributed by atoms with E-state index in [1.54, 1.807) is 0 Å². The molecule has 2 unspecified atom stereocenters. The van der Waals surface area contributed by atoms with Crippen LogP contribution < -0.4 is 10.6 Å². The highest BCUT2D eigenvalue weighted by Crippen LogP contribution is 2.14. The number of nitrogens with zero attached hydrogens (tertiary/aromatic N) is 1. The molecule has 21 heavy (non-hydrogen) atoms. The molecule has 2 N–H and O–H groups in total. The van der Waals surface area contributed by atoms with Crippen molar-refractivity contribution in [1.82, 2.24) is 15.5 Å². The van der Waals surface area contributed by atoms with E-state index >= 15 is 0 Å². The summed E-state index contributed by atoms with van der Waals surface area (Å²) in [6.07, 6.45) is 2.15. The van der Waals surface area contributed by atoms with Gasteiger partial charge in [-0.3, -0.25) is 9.69 Å². The Labute approximate surface area is 127 Å². The van der Waals surface area contributed by atoms with E-state index in [4.69, 9.17) is 0 Å². The molecule has 0 radical (unpaired) electrons. The van der Waals surface area contributed by atoms with Crippen LogP contribution in [-0.2, 0) is 11.2 Å². The minimum absolute atomic E-state index is 0.0375. The topological polar surface area (TPSA) is 44.4 Å².